The Bertz CT molecular complexity index is 1660. The topological polar surface area (TPSA) is 187 Å². The number of piperidine rings is 1. The number of aliphatic carboxylic acids is 1. The van der Waals surface area contributed by atoms with E-state index in [1.807, 2.05) is 25.1 Å². The minimum Gasteiger partial charge on any atom is -0.493 e. The number of methoxy groups -OCH3 is 2. The van der Waals surface area contributed by atoms with Crippen molar-refractivity contribution in [2.24, 2.45) is 0 Å². The first-order valence-corrected chi connectivity index (χ1v) is 15.6. The summed E-state index contributed by atoms with van der Waals surface area (Å²) in [4.78, 5) is 72.1. The molecule has 3 heterocycles. The molecule has 2 aromatic carbocycles. The van der Waals surface area contributed by atoms with E-state index in [4.69, 9.17) is 24.1 Å². The third kappa shape index (κ3) is 9.73. The number of fused-ring (bicyclic) bond motifs is 5. The monoisotopic (exact) mass is 677 g/mol. The van der Waals surface area contributed by atoms with Gasteiger partial charge in [0.2, 0.25) is 5.91 Å². The maximum absolute atomic E-state index is 13.6. The predicted octanol–water partition coefficient (Wildman–Crippen LogP) is 2.94. The van der Waals surface area contributed by atoms with Gasteiger partial charge < -0.3 is 39.2 Å². The lowest BCUT2D eigenvalue weighted by atomic mass is 10.0. The minimum atomic E-state index is -0.833. The van der Waals surface area contributed by atoms with Crippen LogP contribution in [0.1, 0.15) is 63.6 Å². The zero-order chi connectivity index (χ0) is 35.5. The average molecular weight is 678 g/mol. The summed E-state index contributed by atoms with van der Waals surface area (Å²) in [6, 6.07) is 11.8. The molecule has 15 heteroatoms. The fourth-order valence-corrected chi connectivity index (χ4v) is 5.29. The Kier molecular flexibility index (Phi) is 12.6. The van der Waals surface area contributed by atoms with Gasteiger partial charge in [-0.2, -0.15) is 0 Å². The Hall–Kier alpha value is -5.57. The number of rotatable bonds is 5. The summed E-state index contributed by atoms with van der Waals surface area (Å²) in [5, 5.41) is 10.5. The van der Waals surface area contributed by atoms with Crippen molar-refractivity contribution in [2.45, 2.75) is 45.4 Å². The van der Waals surface area contributed by atoms with E-state index in [1.165, 1.54) is 31.5 Å². The van der Waals surface area contributed by atoms with Gasteiger partial charge in [0.1, 0.15) is 11.4 Å². The zero-order valence-corrected chi connectivity index (χ0v) is 27.7. The summed E-state index contributed by atoms with van der Waals surface area (Å²) in [5.41, 5.74) is 1.23. The molecule has 15 nitrogen and oxygen atoms in total. The van der Waals surface area contributed by atoms with Crippen LogP contribution in [0.5, 0.6) is 17.2 Å². The number of nitrogens with one attached hydrogen (secondary N) is 1. The molecule has 0 radical (unpaired) electrons. The lowest BCUT2D eigenvalue weighted by molar-refractivity contribution is -0.134. The molecule has 1 aromatic heterocycles. The molecular formula is C34H39N5O10. The molecule has 0 unspecified atom stereocenters. The molecule has 2 aliphatic heterocycles. The van der Waals surface area contributed by atoms with Gasteiger partial charge in [-0.15, -0.1) is 0 Å². The van der Waals surface area contributed by atoms with Crippen molar-refractivity contribution >= 4 is 29.7 Å². The quantitative estimate of drug-likeness (QED) is 0.377. The number of carbonyl (C=O) groups is 5. The summed E-state index contributed by atoms with van der Waals surface area (Å²) in [6.07, 6.45) is 2.91. The highest BCUT2D eigenvalue weighted by Crippen LogP contribution is 2.33. The van der Waals surface area contributed by atoms with Crippen molar-refractivity contribution in [2.75, 3.05) is 40.4 Å². The van der Waals surface area contributed by atoms with E-state index in [9.17, 15) is 19.2 Å². The SMILES string of the molecule is CC(=O)O.CCCN1CC(=O)N[C@H]2CCN(C(=O)c3cnc(C(=O)OC)cn3)C[C@@H]2OCc2cccc(c2)Oc2cc(ccc2OC)C1=O. The van der Waals surface area contributed by atoms with Gasteiger partial charge in [0.15, 0.2) is 17.2 Å². The van der Waals surface area contributed by atoms with E-state index in [2.05, 4.69) is 20.0 Å². The first kappa shape index (κ1) is 36.3. The molecule has 260 valence electrons. The van der Waals surface area contributed by atoms with Crippen molar-refractivity contribution in [3.63, 3.8) is 0 Å². The second kappa shape index (κ2) is 17.0. The standard InChI is InChI=1S/C32H35N5O8.C2H4O2/c1-4-11-36-18-29(38)35-23-10-12-37(31(40)24-15-34-25(16-33-24)32(41)43-3)17-28(23)44-19-20-6-5-7-22(13-20)45-27-14-21(30(36)39)8-9-26(27)42-2;1-2(3)4/h5-9,13-16,23,28H,4,10-12,17-19H2,1-3H3,(H,35,38);1H3,(H,3,4)/t23-,28-;/m0./s1. The summed E-state index contributed by atoms with van der Waals surface area (Å²) in [7, 11) is 2.75. The van der Waals surface area contributed by atoms with Crippen molar-refractivity contribution in [3.05, 3.63) is 77.4 Å². The molecule has 0 spiro atoms. The normalized spacial score (nSPS) is 17.7. The first-order chi connectivity index (χ1) is 23.5. The van der Waals surface area contributed by atoms with Crippen molar-refractivity contribution in [1.29, 1.82) is 0 Å². The van der Waals surface area contributed by atoms with Crippen LogP contribution in [-0.2, 0) is 25.7 Å². The van der Waals surface area contributed by atoms with Gasteiger partial charge in [0.25, 0.3) is 17.8 Å². The number of carbonyl (C=O) groups excluding carboxylic acids is 4. The lowest BCUT2D eigenvalue weighted by Crippen LogP contribution is -2.57. The fraction of sp³-hybridized carbons (Fsp3) is 0.382. The third-order valence-corrected chi connectivity index (χ3v) is 7.57. The first-order valence-electron chi connectivity index (χ1n) is 15.6. The van der Waals surface area contributed by atoms with Crippen molar-refractivity contribution in [3.8, 4) is 17.2 Å². The van der Waals surface area contributed by atoms with E-state index in [0.717, 1.165) is 12.5 Å². The highest BCUT2D eigenvalue weighted by Gasteiger charge is 2.35. The molecule has 0 aliphatic carbocycles. The van der Waals surface area contributed by atoms with E-state index in [1.54, 1.807) is 29.2 Å². The molecule has 1 fully saturated rings. The van der Waals surface area contributed by atoms with Crippen LogP contribution in [0.4, 0.5) is 0 Å². The predicted molar refractivity (Wildman–Crippen MR) is 173 cm³/mol. The maximum Gasteiger partial charge on any atom is 0.358 e. The number of hydrogen-bond donors (Lipinski definition) is 2. The highest BCUT2D eigenvalue weighted by atomic mass is 16.5. The highest BCUT2D eigenvalue weighted by molar-refractivity contribution is 5.97. The molecule has 0 saturated carbocycles. The Labute approximate surface area is 283 Å². The van der Waals surface area contributed by atoms with Gasteiger partial charge in [0, 0.05) is 32.1 Å². The molecule has 5 rings (SSSR count). The molecule has 1 saturated heterocycles. The maximum atomic E-state index is 13.6. The second-order valence-corrected chi connectivity index (χ2v) is 11.2. The molecule has 3 aromatic rings. The number of likely N-dealkylation sites (tertiary alicyclic amines) is 1. The van der Waals surface area contributed by atoms with Crippen LogP contribution in [0.2, 0.25) is 0 Å². The average Bonchev–Trinajstić information content (AvgIpc) is 3.09. The van der Waals surface area contributed by atoms with Gasteiger partial charge in [-0.25, -0.2) is 14.8 Å². The van der Waals surface area contributed by atoms with E-state index >= 15 is 0 Å². The van der Waals surface area contributed by atoms with Gasteiger partial charge >= 0.3 is 5.97 Å². The Morgan fingerprint density at radius 1 is 1.06 bits per heavy atom. The molecule has 2 N–H and O–H groups in total. The van der Waals surface area contributed by atoms with Crippen LogP contribution in [0.15, 0.2) is 54.9 Å². The summed E-state index contributed by atoms with van der Waals surface area (Å²) < 4.78 is 22.6. The van der Waals surface area contributed by atoms with Crippen LogP contribution >= 0.6 is 0 Å². The van der Waals surface area contributed by atoms with E-state index < -0.39 is 24.1 Å². The van der Waals surface area contributed by atoms with E-state index in [-0.39, 0.29) is 48.8 Å². The molecule has 2 atom stereocenters. The largest absolute Gasteiger partial charge is 0.493 e. The Morgan fingerprint density at radius 3 is 2.47 bits per heavy atom. The number of carboxylic acid groups (broad SMARTS) is 1. The van der Waals surface area contributed by atoms with Crippen LogP contribution in [-0.4, -0.2) is 107 Å². The van der Waals surface area contributed by atoms with Gasteiger partial charge in [0.05, 0.1) is 51.9 Å². The smallest absolute Gasteiger partial charge is 0.358 e. The van der Waals surface area contributed by atoms with Crippen molar-refractivity contribution < 1.29 is 48.0 Å². The zero-order valence-electron chi connectivity index (χ0n) is 27.7. The van der Waals surface area contributed by atoms with Crippen molar-refractivity contribution in [1.82, 2.24) is 25.1 Å². The van der Waals surface area contributed by atoms with Crippen LogP contribution in [0, 0.1) is 0 Å². The Morgan fingerprint density at radius 2 is 1.80 bits per heavy atom. The second-order valence-electron chi connectivity index (χ2n) is 11.2. The van der Waals surface area contributed by atoms with Gasteiger partial charge in [-0.05, 0) is 48.7 Å². The summed E-state index contributed by atoms with van der Waals surface area (Å²) in [5.74, 6) is -1.18. The number of carboxylic acids is 1. The van der Waals surface area contributed by atoms with Crippen LogP contribution in [0.3, 0.4) is 0 Å². The molecule has 4 bridgehead atoms. The van der Waals surface area contributed by atoms with Gasteiger partial charge in [-0.3, -0.25) is 19.2 Å². The molecule has 3 amide bonds. The number of esters is 1. The molecule has 49 heavy (non-hydrogen) atoms. The number of benzene rings is 2. The number of ether oxygens (including phenoxy) is 4. The summed E-state index contributed by atoms with van der Waals surface area (Å²) >= 11 is 0. The lowest BCUT2D eigenvalue weighted by Gasteiger charge is -2.39. The minimum absolute atomic E-state index is 0.0103. The number of hydrogen-bond acceptors (Lipinski definition) is 11. The fourth-order valence-electron chi connectivity index (χ4n) is 5.29. The van der Waals surface area contributed by atoms with E-state index in [0.29, 0.717) is 48.7 Å². The third-order valence-electron chi connectivity index (χ3n) is 7.57. The number of nitrogens with zero attached hydrogens (tertiary/aromatic N) is 4. The molecule has 2 aliphatic rings. The number of amides is 3. The van der Waals surface area contributed by atoms with Gasteiger partial charge in [-0.1, -0.05) is 19.1 Å². The van der Waals surface area contributed by atoms with Crippen LogP contribution in [0.25, 0.3) is 0 Å². The Balaban J connectivity index is 0.00000128. The van der Waals surface area contributed by atoms with Crippen LogP contribution < -0.4 is 14.8 Å². The number of aromatic nitrogens is 2. The molecular weight excluding hydrogens is 638 g/mol. The summed E-state index contributed by atoms with van der Waals surface area (Å²) in [6.45, 7) is 3.91.